The van der Waals surface area contributed by atoms with Gasteiger partial charge in [0.05, 0.1) is 0 Å². The zero-order valence-corrected chi connectivity index (χ0v) is 11.4. The molecule has 0 spiro atoms. The normalized spacial score (nSPS) is 10.7. The molecule has 0 saturated carbocycles. The third kappa shape index (κ3) is 3.02. The lowest BCUT2D eigenvalue weighted by Crippen LogP contribution is -1.97. The molecule has 5 heteroatoms. The summed E-state index contributed by atoms with van der Waals surface area (Å²) >= 11 is 0. The molecule has 0 atom stereocenters. The highest BCUT2D eigenvalue weighted by atomic mass is 16.5. The van der Waals surface area contributed by atoms with Gasteiger partial charge in [0.15, 0.2) is 0 Å². The molecule has 0 aliphatic rings. The Morgan fingerprint density at radius 2 is 1.90 bits per heavy atom. The fraction of sp³-hybridized carbons (Fsp3) is 0.125. The fourth-order valence-electron chi connectivity index (χ4n) is 2.12. The van der Waals surface area contributed by atoms with Crippen LogP contribution in [0, 0.1) is 0 Å². The van der Waals surface area contributed by atoms with Crippen molar-refractivity contribution in [2.75, 3.05) is 5.73 Å². The van der Waals surface area contributed by atoms with Gasteiger partial charge >= 0.3 is 0 Å². The maximum absolute atomic E-state index is 9.46. The maximum Gasteiger partial charge on any atom is 0.227 e. The van der Waals surface area contributed by atoms with E-state index in [1.807, 2.05) is 30.3 Å². The number of aromatic nitrogens is 2. The lowest BCUT2D eigenvalue weighted by atomic mass is 10.1. The minimum absolute atomic E-state index is 0.177. The zero-order valence-electron chi connectivity index (χ0n) is 11.4. The van der Waals surface area contributed by atoms with Crippen molar-refractivity contribution in [1.29, 1.82) is 0 Å². The quantitative estimate of drug-likeness (QED) is 0.718. The van der Waals surface area contributed by atoms with Crippen molar-refractivity contribution in [3.05, 3.63) is 60.0 Å². The Hall–Kier alpha value is -2.82. The number of hydrogen-bond donors (Lipinski definition) is 2. The first-order chi connectivity index (χ1) is 10.2. The van der Waals surface area contributed by atoms with E-state index >= 15 is 0 Å². The first-order valence-electron chi connectivity index (χ1n) is 6.68. The summed E-state index contributed by atoms with van der Waals surface area (Å²) in [7, 11) is 0. The molecule has 0 radical (unpaired) electrons. The van der Waals surface area contributed by atoms with Crippen LogP contribution in [-0.4, -0.2) is 15.2 Å². The maximum atomic E-state index is 9.46. The predicted molar refractivity (Wildman–Crippen MR) is 79.7 cm³/mol. The van der Waals surface area contributed by atoms with Crippen molar-refractivity contribution in [1.82, 2.24) is 10.1 Å². The second kappa shape index (κ2) is 5.66. The largest absolute Gasteiger partial charge is 0.508 e. The smallest absolute Gasteiger partial charge is 0.227 e. The van der Waals surface area contributed by atoms with Crippen molar-refractivity contribution < 1.29 is 9.63 Å². The average molecular weight is 281 g/mol. The molecule has 0 bridgehead atoms. The Balaban J connectivity index is 1.72. The lowest BCUT2D eigenvalue weighted by Gasteiger charge is -2.02. The van der Waals surface area contributed by atoms with E-state index in [1.54, 1.807) is 18.2 Å². The predicted octanol–water partition coefficient (Wildman–Crippen LogP) is 2.81. The number of para-hydroxylation sites is 1. The first kappa shape index (κ1) is 13.2. The molecule has 5 nitrogen and oxygen atoms in total. The van der Waals surface area contributed by atoms with Crippen LogP contribution >= 0.6 is 0 Å². The second-order valence-electron chi connectivity index (χ2n) is 4.76. The molecule has 3 N–H and O–H groups in total. The first-order valence-corrected chi connectivity index (χ1v) is 6.68. The molecule has 0 unspecified atom stereocenters. The summed E-state index contributed by atoms with van der Waals surface area (Å²) in [6.45, 7) is 0. The van der Waals surface area contributed by atoms with Gasteiger partial charge in [0, 0.05) is 17.7 Å². The van der Waals surface area contributed by atoms with Crippen molar-refractivity contribution in [2.24, 2.45) is 0 Å². The van der Waals surface area contributed by atoms with Crippen molar-refractivity contribution in [3.63, 3.8) is 0 Å². The van der Waals surface area contributed by atoms with Crippen LogP contribution in [0.3, 0.4) is 0 Å². The molecule has 1 aromatic heterocycles. The van der Waals surface area contributed by atoms with E-state index in [4.69, 9.17) is 10.3 Å². The Morgan fingerprint density at radius 3 is 2.71 bits per heavy atom. The van der Waals surface area contributed by atoms with Gasteiger partial charge in [-0.3, -0.25) is 0 Å². The van der Waals surface area contributed by atoms with Gasteiger partial charge in [0.2, 0.25) is 11.7 Å². The number of anilines is 1. The zero-order chi connectivity index (χ0) is 14.7. The summed E-state index contributed by atoms with van der Waals surface area (Å²) in [6.07, 6.45) is 1.37. The summed E-state index contributed by atoms with van der Waals surface area (Å²) in [4.78, 5) is 4.34. The molecule has 2 aromatic carbocycles. The van der Waals surface area contributed by atoms with Crippen LogP contribution in [0.4, 0.5) is 5.69 Å². The number of hydrogen-bond acceptors (Lipinski definition) is 5. The summed E-state index contributed by atoms with van der Waals surface area (Å²) in [5, 5.41) is 13.4. The number of nitrogen functional groups attached to an aromatic ring is 1. The highest BCUT2D eigenvalue weighted by Crippen LogP contribution is 2.21. The van der Waals surface area contributed by atoms with Crippen molar-refractivity contribution >= 4 is 5.69 Å². The van der Waals surface area contributed by atoms with Gasteiger partial charge in [-0.2, -0.15) is 4.98 Å². The number of phenols is 1. The van der Waals surface area contributed by atoms with Gasteiger partial charge in [0.25, 0.3) is 0 Å². The molecule has 106 valence electrons. The Labute approximate surface area is 122 Å². The highest BCUT2D eigenvalue weighted by Gasteiger charge is 2.09. The molecule has 0 saturated heterocycles. The monoisotopic (exact) mass is 281 g/mol. The Morgan fingerprint density at radius 1 is 1.05 bits per heavy atom. The van der Waals surface area contributed by atoms with Crippen LogP contribution in [0.15, 0.2) is 53.1 Å². The molecule has 0 amide bonds. The molecule has 0 aliphatic carbocycles. The molecule has 21 heavy (non-hydrogen) atoms. The van der Waals surface area contributed by atoms with Crippen LogP contribution in [0.2, 0.25) is 0 Å². The van der Waals surface area contributed by atoms with Crippen molar-refractivity contribution in [2.45, 2.75) is 12.8 Å². The van der Waals surface area contributed by atoms with E-state index in [-0.39, 0.29) is 5.75 Å². The number of rotatable bonds is 4. The summed E-state index contributed by atoms with van der Waals surface area (Å²) in [5.41, 5.74) is 8.46. The molecular formula is C16H15N3O2. The van der Waals surface area contributed by atoms with Crippen LogP contribution in [0.25, 0.3) is 11.4 Å². The van der Waals surface area contributed by atoms with E-state index in [0.717, 1.165) is 23.2 Å². The third-order valence-electron chi connectivity index (χ3n) is 3.24. The summed E-state index contributed by atoms with van der Waals surface area (Å²) in [5.74, 6) is 1.20. The fourth-order valence-corrected chi connectivity index (χ4v) is 2.12. The number of phenolic OH excluding ortho intramolecular Hbond substituents is 1. The van der Waals surface area contributed by atoms with Gasteiger partial charge < -0.3 is 15.4 Å². The molecule has 3 aromatic rings. The topological polar surface area (TPSA) is 85.2 Å². The van der Waals surface area contributed by atoms with Gasteiger partial charge in [-0.1, -0.05) is 35.5 Å². The highest BCUT2D eigenvalue weighted by molar-refractivity contribution is 5.56. The van der Waals surface area contributed by atoms with Crippen LogP contribution in [0.1, 0.15) is 11.5 Å². The standard InChI is InChI=1S/C16H15N3O2/c17-14-7-2-1-4-11(14)8-9-15-18-16(19-21-15)12-5-3-6-13(20)10-12/h1-7,10,20H,8-9,17H2. The number of aryl methyl sites for hydroxylation is 2. The number of benzene rings is 2. The van der Waals surface area contributed by atoms with E-state index < -0.39 is 0 Å². The minimum Gasteiger partial charge on any atom is -0.508 e. The van der Waals surface area contributed by atoms with Crippen LogP contribution in [-0.2, 0) is 12.8 Å². The van der Waals surface area contributed by atoms with E-state index in [9.17, 15) is 5.11 Å². The van der Waals surface area contributed by atoms with Gasteiger partial charge in [-0.25, -0.2) is 0 Å². The molecular weight excluding hydrogens is 266 g/mol. The summed E-state index contributed by atoms with van der Waals surface area (Å²) < 4.78 is 5.24. The Kier molecular flexibility index (Phi) is 3.55. The van der Waals surface area contributed by atoms with Crippen LogP contribution in [0.5, 0.6) is 5.75 Å². The van der Waals surface area contributed by atoms with Gasteiger partial charge in [0.1, 0.15) is 5.75 Å². The number of aromatic hydroxyl groups is 1. The average Bonchev–Trinajstić information content (AvgIpc) is 2.95. The lowest BCUT2D eigenvalue weighted by molar-refractivity contribution is 0.379. The van der Waals surface area contributed by atoms with E-state index in [2.05, 4.69) is 10.1 Å². The van der Waals surface area contributed by atoms with E-state index in [0.29, 0.717) is 18.1 Å². The minimum atomic E-state index is 0.177. The Bertz CT molecular complexity index is 753. The van der Waals surface area contributed by atoms with Crippen molar-refractivity contribution in [3.8, 4) is 17.1 Å². The second-order valence-corrected chi connectivity index (χ2v) is 4.76. The molecule has 3 rings (SSSR count). The number of nitrogens with zero attached hydrogens (tertiary/aromatic N) is 2. The molecule has 0 aliphatic heterocycles. The molecule has 0 fully saturated rings. The SMILES string of the molecule is Nc1ccccc1CCc1nc(-c2cccc(O)c2)no1. The van der Waals surface area contributed by atoms with E-state index in [1.165, 1.54) is 0 Å². The van der Waals surface area contributed by atoms with Crippen LogP contribution < -0.4 is 5.73 Å². The van der Waals surface area contributed by atoms with Gasteiger partial charge in [-0.05, 0) is 30.2 Å². The van der Waals surface area contributed by atoms with Gasteiger partial charge in [-0.15, -0.1) is 0 Å². The number of nitrogens with two attached hydrogens (primary N) is 1. The third-order valence-corrected chi connectivity index (χ3v) is 3.24. The summed E-state index contributed by atoms with van der Waals surface area (Å²) in [6, 6.07) is 14.5. The molecule has 1 heterocycles.